The zero-order valence-corrected chi connectivity index (χ0v) is 17.4. The van der Waals surface area contributed by atoms with Crippen LogP contribution in [0.25, 0.3) is 6.08 Å². The van der Waals surface area contributed by atoms with E-state index in [-0.39, 0.29) is 12.1 Å². The molecule has 162 valence electrons. The van der Waals surface area contributed by atoms with Crippen LogP contribution in [0.15, 0.2) is 91.0 Å². The summed E-state index contributed by atoms with van der Waals surface area (Å²) in [6, 6.07) is 23.7. The lowest BCUT2D eigenvalue weighted by Gasteiger charge is -2.29. The number of amides is 1. The number of hydrogen-bond donors (Lipinski definition) is 1. The summed E-state index contributed by atoms with van der Waals surface area (Å²) in [5.41, 5.74) is 0.316. The van der Waals surface area contributed by atoms with Crippen molar-refractivity contribution in [3.05, 3.63) is 118 Å². The molecule has 0 saturated heterocycles. The van der Waals surface area contributed by atoms with Gasteiger partial charge in [0, 0.05) is 24.1 Å². The van der Waals surface area contributed by atoms with E-state index in [9.17, 15) is 19.7 Å². The van der Waals surface area contributed by atoms with E-state index in [4.69, 9.17) is 4.74 Å². The Morgan fingerprint density at radius 3 is 2.12 bits per heavy atom. The number of nitro groups is 1. The second-order valence-electron chi connectivity index (χ2n) is 7.13. The molecule has 7 nitrogen and oxygen atoms in total. The zero-order valence-electron chi connectivity index (χ0n) is 17.4. The van der Waals surface area contributed by atoms with Gasteiger partial charge in [-0.2, -0.15) is 0 Å². The molecular formula is C25H22N2O5. The number of non-ortho nitro benzene ring substituents is 1. The molecule has 1 N–H and O–H groups in total. The van der Waals surface area contributed by atoms with Crippen molar-refractivity contribution >= 4 is 23.6 Å². The van der Waals surface area contributed by atoms with Crippen molar-refractivity contribution in [1.29, 1.82) is 0 Å². The quantitative estimate of drug-likeness (QED) is 0.328. The van der Waals surface area contributed by atoms with Gasteiger partial charge in [0.1, 0.15) is 0 Å². The Labute approximate surface area is 185 Å². The summed E-state index contributed by atoms with van der Waals surface area (Å²) in [6.45, 7) is 0. The minimum absolute atomic E-state index is 0.0388. The van der Waals surface area contributed by atoms with Crippen LogP contribution in [-0.4, -0.2) is 29.4 Å². The van der Waals surface area contributed by atoms with Crippen molar-refractivity contribution in [3.63, 3.8) is 0 Å². The summed E-state index contributed by atoms with van der Waals surface area (Å²) in [5.74, 6) is -1.07. The van der Waals surface area contributed by atoms with E-state index in [0.29, 0.717) is 11.1 Å². The molecule has 1 unspecified atom stereocenters. The first kappa shape index (κ1) is 22.4. The summed E-state index contributed by atoms with van der Waals surface area (Å²) in [4.78, 5) is 36.4. The molecule has 32 heavy (non-hydrogen) atoms. The monoisotopic (exact) mass is 430 g/mol. The third-order valence-corrected chi connectivity index (χ3v) is 4.91. The predicted octanol–water partition coefficient (Wildman–Crippen LogP) is 4.19. The van der Waals surface area contributed by atoms with Gasteiger partial charge in [0.05, 0.1) is 12.0 Å². The Morgan fingerprint density at radius 1 is 0.969 bits per heavy atom. The number of nitro benzene ring substituents is 1. The fourth-order valence-electron chi connectivity index (χ4n) is 3.25. The lowest BCUT2D eigenvalue weighted by atomic mass is 9.89. The molecule has 0 saturated carbocycles. The highest BCUT2D eigenvalue weighted by Crippen LogP contribution is 2.21. The third kappa shape index (κ3) is 5.46. The van der Waals surface area contributed by atoms with E-state index < -0.39 is 22.3 Å². The van der Waals surface area contributed by atoms with Crippen LogP contribution in [0.1, 0.15) is 21.5 Å². The topological polar surface area (TPSA) is 98.5 Å². The molecule has 0 aliphatic carbocycles. The molecule has 7 heteroatoms. The first-order valence-corrected chi connectivity index (χ1v) is 9.87. The predicted molar refractivity (Wildman–Crippen MR) is 121 cm³/mol. The molecule has 0 bridgehead atoms. The smallest absolute Gasteiger partial charge is 0.336 e. The Hall–Kier alpha value is -4.26. The summed E-state index contributed by atoms with van der Waals surface area (Å²) in [6.07, 6.45) is 3.35. The van der Waals surface area contributed by atoms with Crippen molar-refractivity contribution < 1.29 is 19.2 Å². The Kier molecular flexibility index (Phi) is 7.13. The maximum atomic E-state index is 13.0. The number of carbonyl (C=O) groups excluding carboxylic acids is 2. The van der Waals surface area contributed by atoms with Gasteiger partial charge in [-0.25, -0.2) is 4.79 Å². The van der Waals surface area contributed by atoms with Crippen LogP contribution >= 0.6 is 0 Å². The van der Waals surface area contributed by atoms with Gasteiger partial charge in [-0.05, 0) is 41.5 Å². The van der Waals surface area contributed by atoms with Gasteiger partial charge < -0.3 is 10.1 Å². The number of nitrogens with zero attached hydrogens (tertiary/aromatic N) is 1. The van der Waals surface area contributed by atoms with E-state index in [1.165, 1.54) is 19.2 Å². The number of methoxy groups -OCH3 is 1. The van der Waals surface area contributed by atoms with Crippen LogP contribution in [0.4, 0.5) is 5.69 Å². The van der Waals surface area contributed by atoms with E-state index in [2.05, 4.69) is 5.32 Å². The van der Waals surface area contributed by atoms with Crippen molar-refractivity contribution in [2.75, 3.05) is 7.11 Å². The maximum absolute atomic E-state index is 13.0. The molecule has 0 spiro atoms. The van der Waals surface area contributed by atoms with Gasteiger partial charge in [-0.1, -0.05) is 54.6 Å². The van der Waals surface area contributed by atoms with Gasteiger partial charge >= 0.3 is 5.97 Å². The SMILES string of the molecule is COC(=O)C(/C=C/c1ccc([N+](=O)[O-])cc1)(Cc1ccccc1)NC(=O)c1ccccc1. The lowest BCUT2D eigenvalue weighted by Crippen LogP contribution is -2.55. The van der Waals surface area contributed by atoms with Crippen LogP contribution in [0.5, 0.6) is 0 Å². The van der Waals surface area contributed by atoms with Crippen LogP contribution in [0.2, 0.25) is 0 Å². The minimum atomic E-state index is -1.50. The summed E-state index contributed by atoms with van der Waals surface area (Å²) in [5, 5.41) is 13.7. The Morgan fingerprint density at radius 2 is 1.56 bits per heavy atom. The molecule has 1 amide bonds. The number of benzene rings is 3. The molecule has 1 atom stereocenters. The van der Waals surface area contributed by atoms with E-state index in [1.54, 1.807) is 54.6 Å². The largest absolute Gasteiger partial charge is 0.467 e. The molecule has 0 radical (unpaired) electrons. The average molecular weight is 430 g/mol. The standard InChI is InChI=1S/C25H22N2O5/c1-32-24(29)25(18-20-8-4-2-5-9-20,26-23(28)21-10-6-3-7-11-21)17-16-19-12-14-22(15-13-19)27(30)31/h2-17H,18H2,1H3,(H,26,28)/b17-16+. The second kappa shape index (κ2) is 10.2. The van der Waals surface area contributed by atoms with Crippen LogP contribution < -0.4 is 5.32 Å². The Bertz CT molecular complexity index is 1110. The van der Waals surface area contributed by atoms with Crippen LogP contribution in [0.3, 0.4) is 0 Å². The Balaban J connectivity index is 2.01. The fraction of sp³-hybridized carbons (Fsp3) is 0.120. The highest BCUT2D eigenvalue weighted by molar-refractivity contribution is 5.99. The first-order chi connectivity index (χ1) is 15.4. The van der Waals surface area contributed by atoms with E-state index in [1.807, 2.05) is 30.3 Å². The van der Waals surface area contributed by atoms with Gasteiger partial charge in [0.15, 0.2) is 5.54 Å². The molecule has 3 aromatic carbocycles. The van der Waals surface area contributed by atoms with Crippen molar-refractivity contribution in [3.8, 4) is 0 Å². The number of rotatable bonds is 8. The summed E-state index contributed by atoms with van der Waals surface area (Å²) >= 11 is 0. The molecule has 3 aromatic rings. The molecule has 0 aromatic heterocycles. The number of hydrogen-bond acceptors (Lipinski definition) is 5. The molecular weight excluding hydrogens is 408 g/mol. The van der Waals surface area contributed by atoms with Gasteiger partial charge in [0.25, 0.3) is 11.6 Å². The van der Waals surface area contributed by atoms with Crippen LogP contribution in [-0.2, 0) is 16.0 Å². The fourth-order valence-corrected chi connectivity index (χ4v) is 3.25. The summed E-state index contributed by atoms with van der Waals surface area (Å²) in [7, 11) is 1.26. The first-order valence-electron chi connectivity index (χ1n) is 9.87. The van der Waals surface area contributed by atoms with Crippen molar-refractivity contribution in [2.45, 2.75) is 12.0 Å². The second-order valence-corrected chi connectivity index (χ2v) is 7.13. The highest BCUT2D eigenvalue weighted by Gasteiger charge is 2.39. The van der Waals surface area contributed by atoms with E-state index in [0.717, 1.165) is 5.56 Å². The zero-order chi connectivity index (χ0) is 23.0. The average Bonchev–Trinajstić information content (AvgIpc) is 2.83. The third-order valence-electron chi connectivity index (χ3n) is 4.91. The minimum Gasteiger partial charge on any atom is -0.467 e. The lowest BCUT2D eigenvalue weighted by molar-refractivity contribution is -0.384. The molecule has 0 heterocycles. The molecule has 0 aliphatic rings. The van der Waals surface area contributed by atoms with E-state index >= 15 is 0 Å². The van der Waals surface area contributed by atoms with Gasteiger partial charge in [0.2, 0.25) is 0 Å². The maximum Gasteiger partial charge on any atom is 0.336 e. The number of nitrogens with one attached hydrogen (secondary N) is 1. The number of ether oxygens (including phenoxy) is 1. The summed E-state index contributed by atoms with van der Waals surface area (Å²) < 4.78 is 5.07. The molecule has 0 fully saturated rings. The van der Waals surface area contributed by atoms with Gasteiger partial charge in [-0.15, -0.1) is 0 Å². The highest BCUT2D eigenvalue weighted by atomic mass is 16.6. The van der Waals surface area contributed by atoms with Crippen molar-refractivity contribution in [1.82, 2.24) is 5.32 Å². The van der Waals surface area contributed by atoms with Crippen molar-refractivity contribution in [2.24, 2.45) is 0 Å². The normalized spacial score (nSPS) is 12.7. The number of esters is 1. The number of carbonyl (C=O) groups is 2. The molecule has 0 aliphatic heterocycles. The van der Waals surface area contributed by atoms with Crippen LogP contribution in [0, 0.1) is 10.1 Å². The molecule has 3 rings (SSSR count). The van der Waals surface area contributed by atoms with Gasteiger partial charge in [-0.3, -0.25) is 14.9 Å².